The molecule has 0 spiro atoms. The molecule has 2 aromatic carbocycles. The number of aryl methyl sites for hydroxylation is 2. The summed E-state index contributed by atoms with van der Waals surface area (Å²) in [6.07, 6.45) is 17.1. The van der Waals surface area contributed by atoms with Gasteiger partial charge in [0.2, 0.25) is 11.6 Å². The summed E-state index contributed by atoms with van der Waals surface area (Å²) in [5, 5.41) is 18.0. The number of hydrogen-bond acceptors (Lipinski definition) is 6. The molecule has 0 N–H and O–H groups in total. The van der Waals surface area contributed by atoms with Crippen LogP contribution in [0.25, 0.3) is 0 Å². The van der Waals surface area contributed by atoms with Crippen molar-refractivity contribution in [2.24, 2.45) is 34.6 Å². The minimum absolute atomic E-state index is 0. The Bertz CT molecular complexity index is 1530. The predicted molar refractivity (Wildman–Crippen MR) is 204 cm³/mol. The molecule has 2 heterocycles. The van der Waals surface area contributed by atoms with Crippen LogP contribution < -0.4 is 68.8 Å². The molecule has 4 aromatic rings. The van der Waals surface area contributed by atoms with E-state index in [4.69, 9.17) is 0 Å². The number of anilines is 2. The summed E-state index contributed by atoms with van der Waals surface area (Å²) >= 11 is 0. The second-order valence-corrected chi connectivity index (χ2v) is 13.5. The minimum Gasteiger partial charge on any atom is -1.00 e. The van der Waals surface area contributed by atoms with Crippen LogP contribution in [-0.4, -0.2) is 35.5 Å². The van der Waals surface area contributed by atoms with E-state index < -0.39 is 0 Å². The molecule has 0 amide bonds. The molecule has 0 unspecified atom stereocenters. The van der Waals surface area contributed by atoms with Crippen molar-refractivity contribution >= 4 is 34.4 Å². The first-order valence-corrected chi connectivity index (χ1v) is 19.1. The number of hydrogen-bond donors (Lipinski definition) is 0. The van der Waals surface area contributed by atoms with E-state index in [0.717, 1.165) is 49.2 Å². The molecule has 0 aliphatic heterocycles. The molecular formula is C40H60Cl4N10Zn. The summed E-state index contributed by atoms with van der Waals surface area (Å²) in [6.45, 7) is 12.8. The van der Waals surface area contributed by atoms with Crippen LogP contribution in [0.1, 0.15) is 104 Å². The normalized spacial score (nSPS) is 14.4. The van der Waals surface area contributed by atoms with Crippen LogP contribution in [0.15, 0.2) is 93.5 Å². The fraction of sp³-hybridized carbons (Fsp3) is 0.550. The molecule has 55 heavy (non-hydrogen) atoms. The number of rotatable bonds is 12. The summed E-state index contributed by atoms with van der Waals surface area (Å²) in [7, 11) is 4.18. The third-order valence-electron chi connectivity index (χ3n) is 10.4. The maximum atomic E-state index is 4.54. The minimum atomic E-state index is 0. The Kier molecular flexibility index (Phi) is 25.9. The molecule has 0 bridgehead atoms. The first-order chi connectivity index (χ1) is 24.4. The van der Waals surface area contributed by atoms with Crippen molar-refractivity contribution in [3.8, 4) is 0 Å². The van der Waals surface area contributed by atoms with Gasteiger partial charge >= 0.3 is 19.5 Å². The Morgan fingerprint density at radius 1 is 0.491 bits per heavy atom. The Morgan fingerprint density at radius 2 is 0.800 bits per heavy atom. The quantitative estimate of drug-likeness (QED) is 0.0956. The van der Waals surface area contributed by atoms with Crippen molar-refractivity contribution in [3.63, 3.8) is 0 Å². The molecular weight excluding hydrogens is 828 g/mol. The van der Waals surface area contributed by atoms with Crippen molar-refractivity contribution in [3.05, 3.63) is 73.1 Å². The van der Waals surface area contributed by atoms with Gasteiger partial charge in [-0.1, -0.05) is 38.5 Å². The summed E-state index contributed by atoms with van der Waals surface area (Å²) in [5.41, 5.74) is 4.27. The fourth-order valence-corrected chi connectivity index (χ4v) is 7.52. The van der Waals surface area contributed by atoms with Crippen molar-refractivity contribution in [2.45, 2.75) is 104 Å². The molecule has 6 rings (SSSR count). The molecule has 10 nitrogen and oxygen atoms in total. The van der Waals surface area contributed by atoms with E-state index in [1.54, 1.807) is 0 Å². The van der Waals surface area contributed by atoms with Crippen LogP contribution in [0.3, 0.4) is 0 Å². The van der Waals surface area contributed by atoms with E-state index in [2.05, 4.69) is 140 Å². The number of aromatic nitrogens is 4. The summed E-state index contributed by atoms with van der Waals surface area (Å²) in [6, 6.07) is 21.9. The molecule has 300 valence electrons. The Labute approximate surface area is 367 Å². The molecule has 0 saturated heterocycles. The number of halogens is 4. The molecule has 0 radical (unpaired) electrons. The van der Waals surface area contributed by atoms with Crippen molar-refractivity contribution < 1.29 is 78.5 Å². The van der Waals surface area contributed by atoms with Gasteiger partial charge in [0.05, 0.1) is 35.6 Å². The topological polar surface area (TPSA) is 73.5 Å². The van der Waals surface area contributed by atoms with Gasteiger partial charge in [-0.05, 0) is 102 Å². The molecule has 0 atom stereocenters. The van der Waals surface area contributed by atoms with Crippen LogP contribution >= 0.6 is 0 Å². The van der Waals surface area contributed by atoms with Crippen molar-refractivity contribution in [1.29, 1.82) is 0 Å². The van der Waals surface area contributed by atoms with Crippen LogP contribution in [0.5, 0.6) is 0 Å². The summed E-state index contributed by atoms with van der Waals surface area (Å²) < 4.78 is 8.89. The van der Waals surface area contributed by atoms with E-state index in [1.165, 1.54) is 75.6 Å². The monoisotopic (exact) mass is 884 g/mol. The van der Waals surface area contributed by atoms with E-state index in [9.17, 15) is 0 Å². The molecule has 2 aliphatic carbocycles. The molecule has 2 saturated carbocycles. The van der Waals surface area contributed by atoms with E-state index in [1.807, 2.05) is 24.3 Å². The number of azo groups is 2. The fourth-order valence-electron chi connectivity index (χ4n) is 7.52. The number of benzene rings is 2. The number of nitrogens with zero attached hydrogens (tertiary/aromatic N) is 10. The smallest absolute Gasteiger partial charge is 1.00 e. The third kappa shape index (κ3) is 14.4. The summed E-state index contributed by atoms with van der Waals surface area (Å²) in [5.74, 6) is 1.89. The van der Waals surface area contributed by atoms with Crippen LogP contribution in [-0.2, 0) is 33.6 Å². The summed E-state index contributed by atoms with van der Waals surface area (Å²) in [4.78, 5) is 4.66. The maximum Gasteiger partial charge on any atom is 2.00 e. The third-order valence-corrected chi connectivity index (χ3v) is 10.4. The van der Waals surface area contributed by atoms with Crippen LogP contribution in [0, 0.1) is 0 Å². The van der Waals surface area contributed by atoms with Crippen LogP contribution in [0.4, 0.5) is 34.4 Å². The maximum absolute atomic E-state index is 4.54. The predicted octanol–water partition coefficient (Wildman–Crippen LogP) is -1.83. The van der Waals surface area contributed by atoms with Gasteiger partial charge in [0.25, 0.3) is 0 Å². The zero-order valence-electron chi connectivity index (χ0n) is 33.7. The first kappa shape index (κ1) is 52.4. The molecule has 2 aromatic heterocycles. The Hall–Kier alpha value is -2.56. The van der Waals surface area contributed by atoms with Gasteiger partial charge in [0.1, 0.15) is 0 Å². The van der Waals surface area contributed by atoms with E-state index in [0.29, 0.717) is 12.1 Å². The largest absolute Gasteiger partial charge is 2.00 e. The first-order valence-electron chi connectivity index (χ1n) is 19.1. The van der Waals surface area contributed by atoms with Gasteiger partial charge in [-0.25, -0.2) is 0 Å². The van der Waals surface area contributed by atoms with Crippen molar-refractivity contribution in [2.75, 3.05) is 36.0 Å². The zero-order valence-corrected chi connectivity index (χ0v) is 39.7. The van der Waals surface area contributed by atoms with E-state index >= 15 is 0 Å². The van der Waals surface area contributed by atoms with E-state index in [-0.39, 0.29) is 69.1 Å². The average Bonchev–Trinajstić information content (AvgIpc) is 3.73. The second-order valence-electron chi connectivity index (χ2n) is 13.5. The van der Waals surface area contributed by atoms with Gasteiger partial charge < -0.3 is 59.4 Å². The molecule has 2 aliphatic rings. The van der Waals surface area contributed by atoms with Gasteiger partial charge in [-0.2, -0.15) is 0 Å². The van der Waals surface area contributed by atoms with Gasteiger partial charge in [0.15, 0.2) is 26.5 Å². The van der Waals surface area contributed by atoms with Crippen molar-refractivity contribution in [1.82, 2.24) is 9.36 Å². The molecule has 15 heteroatoms. The van der Waals surface area contributed by atoms with Gasteiger partial charge in [-0.15, -0.1) is 39.2 Å². The Balaban J connectivity index is 0.000000972. The van der Waals surface area contributed by atoms with Crippen LogP contribution in [0.2, 0.25) is 0 Å². The van der Waals surface area contributed by atoms with Gasteiger partial charge in [0, 0.05) is 37.6 Å². The second kappa shape index (κ2) is 27.1. The average molecular weight is 888 g/mol. The standard InChI is InChI=1S/2C20H30N5.4ClH.Zn/c2*1-4-24(5-2)18-13-11-17(12-14-18)21-22-20-15-16-23(3)25(20)19-9-7-6-8-10-19;;;;;/h2*11-16,19H,4-10H2,1-3H3;4*1H;/q2*+1;;;;;+2/p-4. The molecule has 2 fully saturated rings. The zero-order chi connectivity index (χ0) is 35.3. The Morgan fingerprint density at radius 3 is 1.09 bits per heavy atom. The van der Waals surface area contributed by atoms with Gasteiger partial charge in [-0.3, -0.25) is 0 Å². The SMILES string of the molecule is CCN(CC)c1ccc(N=Nc2cc[n+](C)n2C2CCCCC2)cc1.CCN(CC)c1ccc(N=Nc2cc[n+](C)n2C2CCCCC2)cc1.[Cl-].[Cl-].[Cl-].[Cl-].[Zn+2].